The maximum absolute atomic E-state index is 11.4. The van der Waals surface area contributed by atoms with E-state index in [-0.39, 0.29) is 0 Å². The van der Waals surface area contributed by atoms with Crippen molar-refractivity contribution in [3.63, 3.8) is 0 Å². The molecule has 124 valence electrons. The molecule has 1 aliphatic carbocycles. The molecule has 0 saturated carbocycles. The minimum atomic E-state index is -0.844. The average molecular weight is 313 g/mol. The lowest BCUT2D eigenvalue weighted by molar-refractivity contribution is 0.0699. The number of carboxylic acids is 1. The summed E-state index contributed by atoms with van der Waals surface area (Å²) >= 11 is 0. The number of aromatic carboxylic acids is 1. The largest absolute Gasteiger partial charge is 0.478 e. The predicted octanol–water partition coefficient (Wildman–Crippen LogP) is 5.33. The standard InChI is InChI=1S/C20H27NO2/c1-2-3-4-5-8-14-9-6-10-15-16-11-7-12-17(20(22)23)19(16)21-18(15)13-14/h7,11-12,14,21H,2-6,8-10,13H2,1H3,(H,22,23). The fraction of sp³-hybridized carbons (Fsp3) is 0.550. The van der Waals surface area contributed by atoms with Gasteiger partial charge in [0.1, 0.15) is 0 Å². The van der Waals surface area contributed by atoms with Crippen LogP contribution >= 0.6 is 0 Å². The van der Waals surface area contributed by atoms with Crippen LogP contribution in [0.4, 0.5) is 0 Å². The van der Waals surface area contributed by atoms with Crippen LogP contribution in [0.5, 0.6) is 0 Å². The molecule has 1 aliphatic rings. The lowest BCUT2D eigenvalue weighted by atomic mass is 9.93. The number of benzene rings is 1. The Balaban J connectivity index is 1.82. The number of para-hydroxylation sites is 1. The van der Waals surface area contributed by atoms with E-state index in [0.717, 1.165) is 29.7 Å². The Bertz CT molecular complexity index is 686. The molecule has 2 N–H and O–H groups in total. The Morgan fingerprint density at radius 3 is 2.96 bits per heavy atom. The summed E-state index contributed by atoms with van der Waals surface area (Å²) in [7, 11) is 0. The lowest BCUT2D eigenvalue weighted by Crippen LogP contribution is -2.04. The number of fused-ring (bicyclic) bond motifs is 3. The van der Waals surface area contributed by atoms with Gasteiger partial charge in [0.2, 0.25) is 0 Å². The van der Waals surface area contributed by atoms with Crippen LogP contribution in [0, 0.1) is 5.92 Å². The number of unbranched alkanes of at least 4 members (excludes halogenated alkanes) is 3. The Kier molecular flexibility index (Phi) is 5.04. The van der Waals surface area contributed by atoms with Crippen molar-refractivity contribution >= 4 is 16.9 Å². The quantitative estimate of drug-likeness (QED) is 0.559. The lowest BCUT2D eigenvalue weighted by Gasteiger charge is -2.13. The molecule has 1 heterocycles. The highest BCUT2D eigenvalue weighted by molar-refractivity contribution is 6.03. The minimum Gasteiger partial charge on any atom is -0.478 e. The molecule has 0 bridgehead atoms. The van der Waals surface area contributed by atoms with Crippen LogP contribution in [0.1, 0.15) is 73.5 Å². The molecule has 0 amide bonds. The average Bonchev–Trinajstić information content (AvgIpc) is 2.76. The van der Waals surface area contributed by atoms with E-state index >= 15 is 0 Å². The highest BCUT2D eigenvalue weighted by Gasteiger charge is 2.22. The van der Waals surface area contributed by atoms with Gasteiger partial charge < -0.3 is 10.1 Å². The van der Waals surface area contributed by atoms with Crippen molar-refractivity contribution in [2.75, 3.05) is 0 Å². The number of hydrogen-bond donors (Lipinski definition) is 2. The van der Waals surface area contributed by atoms with Gasteiger partial charge in [0.15, 0.2) is 0 Å². The summed E-state index contributed by atoms with van der Waals surface area (Å²) < 4.78 is 0. The summed E-state index contributed by atoms with van der Waals surface area (Å²) in [6.45, 7) is 2.25. The van der Waals surface area contributed by atoms with Crippen molar-refractivity contribution in [2.24, 2.45) is 5.92 Å². The summed E-state index contributed by atoms with van der Waals surface area (Å²) in [5.41, 5.74) is 3.86. The second kappa shape index (κ2) is 7.20. The number of nitrogens with one attached hydrogen (secondary N) is 1. The molecule has 0 fully saturated rings. The third-order valence-electron chi connectivity index (χ3n) is 5.26. The third-order valence-corrected chi connectivity index (χ3v) is 5.26. The molecule has 0 saturated heterocycles. The van der Waals surface area contributed by atoms with Crippen LogP contribution < -0.4 is 0 Å². The summed E-state index contributed by atoms with van der Waals surface area (Å²) in [5.74, 6) is -0.0995. The Labute approximate surface area is 138 Å². The monoisotopic (exact) mass is 313 g/mol. The summed E-state index contributed by atoms with van der Waals surface area (Å²) in [4.78, 5) is 14.9. The first-order chi connectivity index (χ1) is 11.2. The molecule has 0 radical (unpaired) electrons. The van der Waals surface area contributed by atoms with Gasteiger partial charge in [0.05, 0.1) is 11.1 Å². The number of aromatic nitrogens is 1. The van der Waals surface area contributed by atoms with E-state index in [9.17, 15) is 9.90 Å². The second-order valence-electron chi connectivity index (χ2n) is 6.93. The number of carboxylic acid groups (broad SMARTS) is 1. The van der Waals surface area contributed by atoms with Crippen molar-refractivity contribution < 1.29 is 9.90 Å². The van der Waals surface area contributed by atoms with Gasteiger partial charge in [0.25, 0.3) is 0 Å². The summed E-state index contributed by atoms with van der Waals surface area (Å²) in [5, 5.41) is 10.5. The molecule has 0 spiro atoms. The van der Waals surface area contributed by atoms with Gasteiger partial charge in [-0.05, 0) is 43.2 Å². The van der Waals surface area contributed by atoms with Crippen LogP contribution in [-0.4, -0.2) is 16.1 Å². The zero-order valence-corrected chi connectivity index (χ0v) is 14.0. The molecule has 1 aromatic carbocycles. The SMILES string of the molecule is CCCCCCC1CCCc2c([nH]c3c(C(=O)O)cccc23)C1. The van der Waals surface area contributed by atoms with Crippen molar-refractivity contribution in [3.05, 3.63) is 35.0 Å². The zero-order valence-electron chi connectivity index (χ0n) is 14.0. The van der Waals surface area contributed by atoms with Gasteiger partial charge in [-0.15, -0.1) is 0 Å². The van der Waals surface area contributed by atoms with Crippen molar-refractivity contribution in [3.8, 4) is 0 Å². The van der Waals surface area contributed by atoms with Gasteiger partial charge in [0, 0.05) is 11.1 Å². The second-order valence-corrected chi connectivity index (χ2v) is 6.93. The maximum Gasteiger partial charge on any atom is 0.337 e. The number of rotatable bonds is 6. The van der Waals surface area contributed by atoms with E-state index < -0.39 is 5.97 Å². The molecule has 3 heteroatoms. The first-order valence-corrected chi connectivity index (χ1v) is 9.06. The number of hydrogen-bond acceptors (Lipinski definition) is 1. The van der Waals surface area contributed by atoms with E-state index in [2.05, 4.69) is 18.0 Å². The molecule has 1 atom stereocenters. The molecule has 23 heavy (non-hydrogen) atoms. The molecule has 0 aliphatic heterocycles. The van der Waals surface area contributed by atoms with Gasteiger partial charge in [-0.25, -0.2) is 4.79 Å². The van der Waals surface area contributed by atoms with Crippen molar-refractivity contribution in [2.45, 2.75) is 64.7 Å². The summed E-state index contributed by atoms with van der Waals surface area (Å²) in [6.07, 6.45) is 11.3. The first kappa shape index (κ1) is 16.1. The smallest absolute Gasteiger partial charge is 0.337 e. The first-order valence-electron chi connectivity index (χ1n) is 9.06. The molecule has 2 aromatic rings. The fourth-order valence-electron chi connectivity index (χ4n) is 4.03. The predicted molar refractivity (Wildman–Crippen MR) is 94.1 cm³/mol. The highest BCUT2D eigenvalue weighted by atomic mass is 16.4. The topological polar surface area (TPSA) is 53.1 Å². The van der Waals surface area contributed by atoms with E-state index in [1.54, 1.807) is 6.07 Å². The Morgan fingerprint density at radius 2 is 2.17 bits per heavy atom. The third kappa shape index (κ3) is 3.44. The maximum atomic E-state index is 11.4. The Hall–Kier alpha value is -1.77. The minimum absolute atomic E-state index is 0.398. The van der Waals surface area contributed by atoms with Crippen LogP contribution in [-0.2, 0) is 12.8 Å². The van der Waals surface area contributed by atoms with Crippen molar-refractivity contribution in [1.29, 1.82) is 0 Å². The molecule has 3 nitrogen and oxygen atoms in total. The summed E-state index contributed by atoms with van der Waals surface area (Å²) in [6, 6.07) is 5.63. The van der Waals surface area contributed by atoms with E-state index in [0.29, 0.717) is 5.56 Å². The molecule has 1 unspecified atom stereocenters. The van der Waals surface area contributed by atoms with E-state index in [1.807, 2.05) is 6.07 Å². The molecular weight excluding hydrogens is 286 g/mol. The number of H-pyrrole nitrogens is 1. The van der Waals surface area contributed by atoms with E-state index in [4.69, 9.17) is 0 Å². The molecule has 3 rings (SSSR count). The zero-order chi connectivity index (χ0) is 16.2. The number of carbonyl (C=O) groups is 1. The van der Waals surface area contributed by atoms with Gasteiger partial charge >= 0.3 is 5.97 Å². The van der Waals surface area contributed by atoms with E-state index in [1.165, 1.54) is 56.2 Å². The van der Waals surface area contributed by atoms with Crippen molar-refractivity contribution in [1.82, 2.24) is 4.98 Å². The Morgan fingerprint density at radius 1 is 1.30 bits per heavy atom. The molecular formula is C20H27NO2. The van der Waals surface area contributed by atoms with Crippen LogP contribution in [0.15, 0.2) is 18.2 Å². The number of aromatic amines is 1. The fourth-order valence-corrected chi connectivity index (χ4v) is 4.03. The van der Waals surface area contributed by atoms with Gasteiger partial charge in [-0.3, -0.25) is 0 Å². The van der Waals surface area contributed by atoms with Crippen LogP contribution in [0.25, 0.3) is 10.9 Å². The molecule has 1 aromatic heterocycles. The van der Waals surface area contributed by atoms with Crippen LogP contribution in [0.3, 0.4) is 0 Å². The highest BCUT2D eigenvalue weighted by Crippen LogP contribution is 2.33. The number of aryl methyl sites for hydroxylation is 1. The normalized spacial score (nSPS) is 17.9. The van der Waals surface area contributed by atoms with Gasteiger partial charge in [-0.2, -0.15) is 0 Å². The van der Waals surface area contributed by atoms with Gasteiger partial charge in [-0.1, -0.05) is 51.2 Å². The van der Waals surface area contributed by atoms with Crippen LogP contribution in [0.2, 0.25) is 0 Å².